The molecule has 0 aliphatic rings. The highest BCUT2D eigenvalue weighted by Gasteiger charge is 2.17. The Kier molecular flexibility index (Phi) is 3.46. The predicted octanol–water partition coefficient (Wildman–Crippen LogP) is 7.73. The minimum absolute atomic E-state index is 0.896. The maximum Gasteiger partial charge on any atom is 0.102 e. The Bertz CT molecular complexity index is 1700. The van der Waals surface area contributed by atoms with Gasteiger partial charge in [0.1, 0.15) is 5.00 Å². The van der Waals surface area contributed by atoms with Crippen molar-refractivity contribution < 1.29 is 0 Å². The van der Waals surface area contributed by atoms with Gasteiger partial charge in [0, 0.05) is 26.4 Å². The summed E-state index contributed by atoms with van der Waals surface area (Å²) in [5.74, 6) is 0. The second-order valence-electron chi connectivity index (χ2n) is 7.15. The number of aromatic nitrogens is 3. The SMILES string of the molecule is c1ccc(-c2cc3c4ccccc4n(-c4cc5sc6ccsc6c5s4)c3cn2)nc1. The van der Waals surface area contributed by atoms with Gasteiger partial charge in [0.05, 0.1) is 38.0 Å². The third-order valence-corrected chi connectivity index (χ3v) is 9.01. The van der Waals surface area contributed by atoms with Crippen molar-refractivity contribution in [2.24, 2.45) is 0 Å². The van der Waals surface area contributed by atoms with Crippen molar-refractivity contribution in [1.29, 1.82) is 0 Å². The van der Waals surface area contributed by atoms with E-state index in [1.54, 1.807) is 0 Å². The van der Waals surface area contributed by atoms with E-state index in [4.69, 9.17) is 4.98 Å². The molecule has 6 aromatic heterocycles. The summed E-state index contributed by atoms with van der Waals surface area (Å²) in [6, 6.07) is 21.3. The number of fused-ring (bicyclic) bond motifs is 6. The minimum atomic E-state index is 0.896. The van der Waals surface area contributed by atoms with Gasteiger partial charge in [0.15, 0.2) is 0 Å². The molecular formula is C24H13N3S3. The van der Waals surface area contributed by atoms with Crippen molar-refractivity contribution >= 4 is 74.6 Å². The van der Waals surface area contributed by atoms with Gasteiger partial charge in [-0.25, -0.2) is 0 Å². The summed E-state index contributed by atoms with van der Waals surface area (Å²) in [4.78, 5) is 9.25. The van der Waals surface area contributed by atoms with E-state index in [0.29, 0.717) is 0 Å². The lowest BCUT2D eigenvalue weighted by atomic mass is 10.1. The number of pyridine rings is 2. The fourth-order valence-electron chi connectivity index (χ4n) is 4.13. The van der Waals surface area contributed by atoms with E-state index >= 15 is 0 Å². The molecule has 0 aliphatic heterocycles. The third-order valence-electron chi connectivity index (χ3n) is 5.45. The zero-order chi connectivity index (χ0) is 19.7. The number of rotatable bonds is 2. The lowest BCUT2D eigenvalue weighted by Gasteiger charge is -2.04. The predicted molar refractivity (Wildman–Crippen MR) is 130 cm³/mol. The summed E-state index contributed by atoms with van der Waals surface area (Å²) < 4.78 is 7.90. The minimum Gasteiger partial charge on any atom is -0.299 e. The number of hydrogen-bond donors (Lipinski definition) is 0. The molecule has 7 aromatic rings. The van der Waals surface area contributed by atoms with Gasteiger partial charge in [-0.1, -0.05) is 24.3 Å². The van der Waals surface area contributed by atoms with Crippen molar-refractivity contribution in [3.63, 3.8) is 0 Å². The average molecular weight is 440 g/mol. The molecule has 3 nitrogen and oxygen atoms in total. The van der Waals surface area contributed by atoms with Crippen LogP contribution in [0.5, 0.6) is 0 Å². The van der Waals surface area contributed by atoms with Crippen LogP contribution >= 0.6 is 34.0 Å². The molecule has 0 N–H and O–H groups in total. The first-order chi connectivity index (χ1) is 14.9. The molecule has 0 atom stereocenters. The summed E-state index contributed by atoms with van der Waals surface area (Å²) in [5, 5.41) is 5.87. The maximum atomic E-state index is 4.77. The van der Waals surface area contributed by atoms with Gasteiger partial charge in [-0.15, -0.1) is 34.0 Å². The number of nitrogens with zero attached hydrogens (tertiary/aromatic N) is 3. The van der Waals surface area contributed by atoms with Crippen molar-refractivity contribution in [3.05, 3.63) is 78.4 Å². The summed E-state index contributed by atoms with van der Waals surface area (Å²) in [6.45, 7) is 0. The Morgan fingerprint density at radius 2 is 1.63 bits per heavy atom. The smallest absolute Gasteiger partial charge is 0.102 e. The van der Waals surface area contributed by atoms with Crippen molar-refractivity contribution in [1.82, 2.24) is 14.5 Å². The largest absolute Gasteiger partial charge is 0.299 e. The number of thiophene rings is 3. The van der Waals surface area contributed by atoms with Crippen LogP contribution in [0.15, 0.2) is 78.4 Å². The first kappa shape index (κ1) is 16.7. The Hall–Kier alpha value is -3.06. The molecule has 0 saturated carbocycles. The lowest BCUT2D eigenvalue weighted by Crippen LogP contribution is -1.91. The van der Waals surface area contributed by atoms with Gasteiger partial charge in [0.2, 0.25) is 0 Å². The highest BCUT2D eigenvalue weighted by Crippen LogP contribution is 2.45. The van der Waals surface area contributed by atoms with Crippen LogP contribution in [0.2, 0.25) is 0 Å². The summed E-state index contributed by atoms with van der Waals surface area (Å²) in [7, 11) is 0. The Morgan fingerprint density at radius 1 is 0.700 bits per heavy atom. The normalized spacial score (nSPS) is 12.0. The van der Waals surface area contributed by atoms with E-state index in [1.807, 2.05) is 64.6 Å². The van der Waals surface area contributed by atoms with Gasteiger partial charge in [-0.3, -0.25) is 14.5 Å². The topological polar surface area (TPSA) is 30.7 Å². The summed E-state index contributed by atoms with van der Waals surface area (Å²) in [5.41, 5.74) is 4.14. The first-order valence-electron chi connectivity index (χ1n) is 9.57. The molecule has 7 rings (SSSR count). The molecule has 0 saturated heterocycles. The maximum absolute atomic E-state index is 4.77. The van der Waals surface area contributed by atoms with Gasteiger partial charge in [-0.05, 0) is 41.8 Å². The van der Waals surface area contributed by atoms with Crippen LogP contribution in [0.1, 0.15) is 0 Å². The molecule has 0 fully saturated rings. The molecule has 0 spiro atoms. The van der Waals surface area contributed by atoms with Crippen LogP contribution in [0.25, 0.3) is 57.0 Å². The number of benzene rings is 1. The highest BCUT2D eigenvalue weighted by atomic mass is 32.1. The molecular weight excluding hydrogens is 426 g/mol. The monoisotopic (exact) mass is 439 g/mol. The number of hydrogen-bond acceptors (Lipinski definition) is 5. The van der Waals surface area contributed by atoms with E-state index in [0.717, 1.165) is 16.9 Å². The van der Waals surface area contributed by atoms with Crippen molar-refractivity contribution in [2.75, 3.05) is 0 Å². The van der Waals surface area contributed by atoms with E-state index in [2.05, 4.69) is 57.4 Å². The van der Waals surface area contributed by atoms with Gasteiger partial charge < -0.3 is 0 Å². The fourth-order valence-corrected chi connectivity index (χ4v) is 7.92. The van der Waals surface area contributed by atoms with E-state index in [-0.39, 0.29) is 0 Å². The molecule has 0 bridgehead atoms. The third kappa shape index (κ3) is 2.29. The van der Waals surface area contributed by atoms with Gasteiger partial charge in [0.25, 0.3) is 0 Å². The second-order valence-corrected chi connectivity index (χ2v) is 10.2. The van der Waals surface area contributed by atoms with Crippen LogP contribution in [0, 0.1) is 0 Å². The van der Waals surface area contributed by atoms with E-state index in [9.17, 15) is 0 Å². The standard InChI is InChI=1S/C24H13N3S3/c1-2-7-18-14(5-1)15-11-17(16-6-3-4-9-25-16)26-13-19(15)27(18)22-12-21-24(30-22)23-20(29-21)8-10-28-23/h1-13H. The zero-order valence-corrected chi connectivity index (χ0v) is 18.0. The molecule has 30 heavy (non-hydrogen) atoms. The van der Waals surface area contributed by atoms with Gasteiger partial charge in [-0.2, -0.15) is 0 Å². The summed E-state index contributed by atoms with van der Waals surface area (Å²) in [6.07, 6.45) is 3.81. The van der Waals surface area contributed by atoms with Crippen LogP contribution in [-0.2, 0) is 0 Å². The lowest BCUT2D eigenvalue weighted by molar-refractivity contribution is 1.20. The first-order valence-corrected chi connectivity index (χ1v) is 12.1. The van der Waals surface area contributed by atoms with Crippen LogP contribution in [0.4, 0.5) is 0 Å². The average Bonchev–Trinajstić information content (AvgIpc) is 3.53. The fraction of sp³-hybridized carbons (Fsp3) is 0. The highest BCUT2D eigenvalue weighted by molar-refractivity contribution is 7.38. The molecule has 142 valence electrons. The van der Waals surface area contributed by atoms with E-state index in [1.165, 1.54) is 40.1 Å². The Morgan fingerprint density at radius 3 is 2.57 bits per heavy atom. The van der Waals surface area contributed by atoms with E-state index < -0.39 is 0 Å². The van der Waals surface area contributed by atoms with Gasteiger partial charge >= 0.3 is 0 Å². The molecule has 0 aliphatic carbocycles. The van der Waals surface area contributed by atoms with Crippen molar-refractivity contribution in [3.8, 4) is 16.4 Å². The summed E-state index contributed by atoms with van der Waals surface area (Å²) >= 11 is 5.58. The Labute approximate surface area is 183 Å². The van der Waals surface area contributed by atoms with Crippen molar-refractivity contribution in [2.45, 2.75) is 0 Å². The molecule has 1 aromatic carbocycles. The molecule has 0 amide bonds. The zero-order valence-electron chi connectivity index (χ0n) is 15.6. The molecule has 6 heteroatoms. The molecule has 0 unspecified atom stereocenters. The quantitative estimate of drug-likeness (QED) is 0.276. The molecule has 6 heterocycles. The van der Waals surface area contributed by atoms with Crippen LogP contribution in [-0.4, -0.2) is 14.5 Å². The molecule has 0 radical (unpaired) electrons. The van der Waals surface area contributed by atoms with Crippen LogP contribution in [0.3, 0.4) is 0 Å². The second kappa shape index (κ2) is 6.22. The Balaban J connectivity index is 1.54. The van der Waals surface area contributed by atoms with Crippen LogP contribution < -0.4 is 0 Å². The number of para-hydroxylation sites is 1.